The smallest absolute Gasteiger partial charge is 0.329 e. The number of phenols is 1. The van der Waals surface area contributed by atoms with Crippen LogP contribution in [0.1, 0.15) is 0 Å². The zero-order valence-electron chi connectivity index (χ0n) is 12.2. The van der Waals surface area contributed by atoms with Gasteiger partial charge >= 0.3 is 5.69 Å². The quantitative estimate of drug-likeness (QED) is 0.605. The van der Waals surface area contributed by atoms with Crippen molar-refractivity contribution in [2.24, 2.45) is 7.05 Å². The molecule has 0 aliphatic heterocycles. The number of phenolic OH excluding ortho intramolecular Hbond substituents is 1. The van der Waals surface area contributed by atoms with E-state index in [-0.39, 0.29) is 21.6 Å². The number of methoxy groups -OCH3 is 1. The van der Waals surface area contributed by atoms with Crippen LogP contribution in [0.3, 0.4) is 0 Å². The van der Waals surface area contributed by atoms with Crippen molar-refractivity contribution in [3.63, 3.8) is 0 Å². The summed E-state index contributed by atoms with van der Waals surface area (Å²) in [6, 6.07) is 4.65. The van der Waals surface area contributed by atoms with Crippen molar-refractivity contribution in [2.45, 2.75) is 0 Å². The van der Waals surface area contributed by atoms with Crippen LogP contribution in [-0.4, -0.2) is 31.7 Å². The molecule has 118 valence electrons. The Morgan fingerprint density at radius 3 is 2.70 bits per heavy atom. The molecule has 2 aromatic heterocycles. The molecule has 0 fully saturated rings. The van der Waals surface area contributed by atoms with Crippen LogP contribution in [0.5, 0.6) is 11.5 Å². The Morgan fingerprint density at radius 1 is 1.30 bits per heavy atom. The first kappa shape index (κ1) is 15.0. The highest BCUT2D eigenvalue weighted by Gasteiger charge is 2.15. The fourth-order valence-electron chi connectivity index (χ4n) is 2.32. The minimum Gasteiger partial charge on any atom is -0.504 e. The van der Waals surface area contributed by atoms with Gasteiger partial charge in [-0.3, -0.25) is 14.3 Å². The highest BCUT2D eigenvalue weighted by atomic mass is 32.1. The van der Waals surface area contributed by atoms with Crippen LogP contribution in [0.15, 0.2) is 27.8 Å². The minimum absolute atomic E-state index is 0.0875. The van der Waals surface area contributed by atoms with Crippen LogP contribution < -0.4 is 16.0 Å². The van der Waals surface area contributed by atoms with Crippen molar-refractivity contribution in [1.82, 2.24) is 19.5 Å². The Balaban J connectivity index is 2.45. The predicted octanol–water partition coefficient (Wildman–Crippen LogP) is 1.06. The molecule has 3 rings (SSSR count). The summed E-state index contributed by atoms with van der Waals surface area (Å²) in [4.78, 5) is 33.0. The number of hydrogen-bond acceptors (Lipinski definition) is 6. The van der Waals surface area contributed by atoms with Gasteiger partial charge < -0.3 is 14.8 Å². The van der Waals surface area contributed by atoms with Gasteiger partial charge in [0.15, 0.2) is 21.9 Å². The average molecular weight is 332 g/mol. The summed E-state index contributed by atoms with van der Waals surface area (Å²) in [6.07, 6.45) is 0. The van der Waals surface area contributed by atoms with E-state index in [2.05, 4.69) is 15.0 Å². The first-order chi connectivity index (χ1) is 10.9. The van der Waals surface area contributed by atoms with Gasteiger partial charge in [0.25, 0.3) is 5.56 Å². The lowest BCUT2D eigenvalue weighted by Crippen LogP contribution is -2.29. The van der Waals surface area contributed by atoms with Gasteiger partial charge in [0.1, 0.15) is 5.39 Å². The van der Waals surface area contributed by atoms with Crippen LogP contribution in [0.25, 0.3) is 22.3 Å². The summed E-state index contributed by atoms with van der Waals surface area (Å²) in [5.74, 6) is 0.211. The number of fused-ring (bicyclic) bond motifs is 1. The zero-order chi connectivity index (χ0) is 16.7. The molecule has 0 saturated heterocycles. The van der Waals surface area contributed by atoms with Gasteiger partial charge in [-0.2, -0.15) is 0 Å². The van der Waals surface area contributed by atoms with Gasteiger partial charge in [-0.15, -0.1) is 0 Å². The van der Waals surface area contributed by atoms with Gasteiger partial charge in [-0.25, -0.2) is 9.78 Å². The number of aryl methyl sites for hydroxylation is 1. The molecule has 0 spiro atoms. The number of H-pyrrole nitrogens is 2. The Labute approximate surface area is 134 Å². The van der Waals surface area contributed by atoms with E-state index < -0.39 is 11.2 Å². The molecule has 0 radical (unpaired) electrons. The lowest BCUT2D eigenvalue weighted by atomic mass is 10.1. The van der Waals surface area contributed by atoms with Crippen molar-refractivity contribution < 1.29 is 9.84 Å². The van der Waals surface area contributed by atoms with E-state index in [0.29, 0.717) is 17.0 Å². The number of rotatable bonds is 2. The second-order valence-corrected chi connectivity index (χ2v) is 5.21. The molecule has 0 aliphatic rings. The summed E-state index contributed by atoms with van der Waals surface area (Å²) in [6.45, 7) is 0. The second-order valence-electron chi connectivity index (χ2n) is 4.82. The first-order valence-corrected chi connectivity index (χ1v) is 6.94. The van der Waals surface area contributed by atoms with Crippen LogP contribution in [0.4, 0.5) is 0 Å². The third kappa shape index (κ3) is 2.40. The molecule has 0 bridgehead atoms. The van der Waals surface area contributed by atoms with Crippen LogP contribution in [0.2, 0.25) is 0 Å². The Morgan fingerprint density at radius 2 is 2.04 bits per heavy atom. The highest BCUT2D eigenvalue weighted by molar-refractivity contribution is 7.71. The number of aromatic amines is 2. The number of ether oxygens (including phenoxy) is 1. The molecule has 0 saturated carbocycles. The predicted molar refractivity (Wildman–Crippen MR) is 86.4 cm³/mol. The standard InChI is InChI=1S/C14H12N4O4S/c1-18-11-9(12(20)17-14(18)21)10(15-13(23)16-11)6-3-4-8(22-2)7(19)5-6/h3-5,19H,1-2H3,(H,15,16,23)(H,17,20,21). The molecule has 0 unspecified atom stereocenters. The van der Waals surface area contributed by atoms with E-state index in [1.807, 2.05) is 0 Å². The van der Waals surface area contributed by atoms with Crippen molar-refractivity contribution in [1.29, 1.82) is 0 Å². The Kier molecular flexibility index (Phi) is 3.49. The number of hydrogen-bond donors (Lipinski definition) is 3. The van der Waals surface area contributed by atoms with Crippen molar-refractivity contribution in [3.05, 3.63) is 43.8 Å². The number of nitrogens with zero attached hydrogens (tertiary/aromatic N) is 2. The van der Waals surface area contributed by atoms with E-state index in [1.54, 1.807) is 12.1 Å². The highest BCUT2D eigenvalue weighted by Crippen LogP contribution is 2.32. The number of benzene rings is 1. The average Bonchev–Trinajstić information content (AvgIpc) is 2.51. The van der Waals surface area contributed by atoms with Gasteiger partial charge in [0.2, 0.25) is 0 Å². The molecule has 1 aromatic carbocycles. The molecule has 2 heterocycles. The van der Waals surface area contributed by atoms with E-state index in [9.17, 15) is 14.7 Å². The van der Waals surface area contributed by atoms with Gasteiger partial charge in [0.05, 0.1) is 12.8 Å². The van der Waals surface area contributed by atoms with Crippen LogP contribution >= 0.6 is 12.2 Å². The second kappa shape index (κ2) is 5.36. The summed E-state index contributed by atoms with van der Waals surface area (Å²) in [5.41, 5.74) is -0.153. The van der Waals surface area contributed by atoms with Crippen molar-refractivity contribution in [3.8, 4) is 22.8 Å². The monoisotopic (exact) mass is 332 g/mol. The van der Waals surface area contributed by atoms with Crippen molar-refractivity contribution >= 4 is 23.3 Å². The lowest BCUT2D eigenvalue weighted by molar-refractivity contribution is 0.373. The molecule has 3 aromatic rings. The maximum absolute atomic E-state index is 12.2. The molecule has 0 aliphatic carbocycles. The molecule has 23 heavy (non-hydrogen) atoms. The Bertz CT molecular complexity index is 1100. The lowest BCUT2D eigenvalue weighted by Gasteiger charge is -2.10. The third-order valence-corrected chi connectivity index (χ3v) is 3.64. The fraction of sp³-hybridized carbons (Fsp3) is 0.143. The van der Waals surface area contributed by atoms with Gasteiger partial charge in [0, 0.05) is 12.6 Å². The molecule has 3 N–H and O–H groups in total. The molecule has 9 heteroatoms. The molecular weight excluding hydrogens is 320 g/mol. The van der Waals surface area contributed by atoms with Gasteiger partial charge in [-0.05, 0) is 30.4 Å². The molecule has 0 amide bonds. The van der Waals surface area contributed by atoms with Crippen LogP contribution in [-0.2, 0) is 7.05 Å². The summed E-state index contributed by atoms with van der Waals surface area (Å²) < 4.78 is 6.32. The SMILES string of the molecule is COc1ccc(-c2[nH]c(=S)nc3c2c(=O)[nH]c(=O)n3C)cc1O. The van der Waals surface area contributed by atoms with Gasteiger partial charge in [-0.1, -0.05) is 0 Å². The molecule has 0 atom stereocenters. The maximum atomic E-state index is 12.2. The number of aromatic nitrogens is 4. The summed E-state index contributed by atoms with van der Waals surface area (Å²) in [7, 11) is 2.92. The van der Waals surface area contributed by atoms with Crippen LogP contribution in [0, 0.1) is 4.77 Å². The number of aromatic hydroxyl groups is 1. The maximum Gasteiger partial charge on any atom is 0.329 e. The zero-order valence-corrected chi connectivity index (χ0v) is 13.0. The first-order valence-electron chi connectivity index (χ1n) is 6.53. The Hall–Kier alpha value is -2.94. The minimum atomic E-state index is -0.591. The van der Waals surface area contributed by atoms with E-state index in [4.69, 9.17) is 17.0 Å². The summed E-state index contributed by atoms with van der Waals surface area (Å²) in [5, 5.41) is 10.1. The molecule has 8 nitrogen and oxygen atoms in total. The normalized spacial score (nSPS) is 10.9. The topological polar surface area (TPSA) is 113 Å². The van der Waals surface area contributed by atoms with E-state index >= 15 is 0 Å². The fourth-order valence-corrected chi connectivity index (χ4v) is 2.51. The number of nitrogens with one attached hydrogen (secondary N) is 2. The van der Waals surface area contributed by atoms with E-state index in [1.165, 1.54) is 24.8 Å². The van der Waals surface area contributed by atoms with Crippen molar-refractivity contribution in [2.75, 3.05) is 7.11 Å². The summed E-state index contributed by atoms with van der Waals surface area (Å²) >= 11 is 5.07. The largest absolute Gasteiger partial charge is 0.504 e. The third-order valence-electron chi connectivity index (χ3n) is 3.45. The molecular formula is C14H12N4O4S. The van der Waals surface area contributed by atoms with E-state index in [0.717, 1.165) is 0 Å².